The van der Waals surface area contributed by atoms with Gasteiger partial charge in [-0.15, -0.1) is 0 Å². The van der Waals surface area contributed by atoms with E-state index in [1.807, 2.05) is 0 Å². The summed E-state index contributed by atoms with van der Waals surface area (Å²) in [6.07, 6.45) is -3.33. The van der Waals surface area contributed by atoms with Crippen LogP contribution in [-0.4, -0.2) is 33.6 Å². The Morgan fingerprint density at radius 1 is 1.12 bits per heavy atom. The molecule has 0 saturated heterocycles. The Morgan fingerprint density at radius 2 is 1.84 bits per heavy atom. The molecular formula is C15H16F3N3O3S. The van der Waals surface area contributed by atoms with Crippen molar-refractivity contribution in [3.05, 3.63) is 48.2 Å². The molecule has 2 aromatic rings. The second kappa shape index (κ2) is 7.70. The predicted molar refractivity (Wildman–Crippen MR) is 85.9 cm³/mol. The Kier molecular flexibility index (Phi) is 5.85. The second-order valence-corrected chi connectivity index (χ2v) is 6.61. The van der Waals surface area contributed by atoms with Crippen molar-refractivity contribution in [1.29, 1.82) is 0 Å². The van der Waals surface area contributed by atoms with E-state index in [4.69, 9.17) is 4.74 Å². The summed E-state index contributed by atoms with van der Waals surface area (Å²) in [7, 11) is -2.51. The van der Waals surface area contributed by atoms with Gasteiger partial charge in [0.25, 0.3) is 0 Å². The highest BCUT2D eigenvalue weighted by Gasteiger charge is 2.34. The molecule has 0 aliphatic heterocycles. The molecular weight excluding hydrogens is 359 g/mol. The van der Waals surface area contributed by atoms with Gasteiger partial charge >= 0.3 is 6.18 Å². The van der Waals surface area contributed by atoms with Crippen molar-refractivity contribution >= 4 is 15.8 Å². The van der Waals surface area contributed by atoms with E-state index >= 15 is 0 Å². The molecule has 2 N–H and O–H groups in total. The Balaban J connectivity index is 2.00. The normalized spacial score (nSPS) is 12.0. The van der Waals surface area contributed by atoms with E-state index in [1.54, 1.807) is 12.1 Å². The molecule has 1 heterocycles. The number of ether oxygens (including phenoxy) is 1. The highest BCUT2D eigenvalue weighted by atomic mass is 32.2. The molecule has 0 amide bonds. The van der Waals surface area contributed by atoms with Gasteiger partial charge in [-0.1, -0.05) is 12.1 Å². The first-order valence-electron chi connectivity index (χ1n) is 7.14. The zero-order valence-corrected chi connectivity index (χ0v) is 14.0. The molecule has 1 aromatic heterocycles. The number of anilines is 1. The summed E-state index contributed by atoms with van der Waals surface area (Å²) in [5, 5.41) is 2.48. The van der Waals surface area contributed by atoms with Crippen LogP contribution >= 0.6 is 0 Å². The van der Waals surface area contributed by atoms with Gasteiger partial charge < -0.3 is 10.1 Å². The van der Waals surface area contributed by atoms with E-state index in [-0.39, 0.29) is 29.6 Å². The van der Waals surface area contributed by atoms with Crippen molar-refractivity contribution in [2.75, 3.05) is 25.5 Å². The minimum absolute atomic E-state index is 0.0497. The topological polar surface area (TPSA) is 80.3 Å². The third kappa shape index (κ3) is 4.83. The van der Waals surface area contributed by atoms with Gasteiger partial charge in [0, 0.05) is 19.3 Å². The van der Waals surface area contributed by atoms with Crippen LogP contribution in [0, 0.1) is 0 Å². The smallest absolute Gasteiger partial charge is 0.419 e. The van der Waals surface area contributed by atoms with Crippen LogP contribution in [0.3, 0.4) is 0 Å². The molecule has 2 rings (SSSR count). The summed E-state index contributed by atoms with van der Waals surface area (Å²) in [6.45, 7) is -0.206. The minimum atomic E-state index is -4.55. The number of nitrogens with zero attached hydrogens (tertiary/aromatic N) is 1. The monoisotopic (exact) mass is 375 g/mol. The highest BCUT2D eigenvalue weighted by molar-refractivity contribution is 7.89. The first-order chi connectivity index (χ1) is 11.8. The maximum Gasteiger partial charge on any atom is 0.419 e. The summed E-state index contributed by atoms with van der Waals surface area (Å²) in [6, 6.07) is 8.11. The molecule has 0 bridgehead atoms. The van der Waals surface area contributed by atoms with E-state index in [9.17, 15) is 21.6 Å². The number of methoxy groups -OCH3 is 1. The number of sulfonamides is 1. The van der Waals surface area contributed by atoms with E-state index in [0.717, 1.165) is 6.07 Å². The maximum atomic E-state index is 12.8. The number of nitrogens with one attached hydrogen (secondary N) is 2. The van der Waals surface area contributed by atoms with Crippen molar-refractivity contribution in [1.82, 2.24) is 9.71 Å². The van der Waals surface area contributed by atoms with Crippen molar-refractivity contribution in [3.63, 3.8) is 0 Å². The van der Waals surface area contributed by atoms with Gasteiger partial charge in [-0.05, 0) is 24.3 Å². The Hall–Kier alpha value is -2.33. The number of halogens is 3. The molecule has 0 aliphatic carbocycles. The predicted octanol–water partition coefficient (Wildman–Crippen LogP) is 2.50. The fourth-order valence-electron chi connectivity index (χ4n) is 2.06. The standard InChI is InChI=1S/C15H16F3N3O3S/c1-24-12-6-2-3-7-13(12)25(22,23)21-10-9-20-14-11(15(16,17)18)5-4-8-19-14/h2-8,21H,9-10H2,1H3,(H,19,20). The molecule has 10 heteroatoms. The number of pyridine rings is 1. The van der Waals surface area contributed by atoms with Crippen LogP contribution in [0.5, 0.6) is 5.75 Å². The fraction of sp³-hybridized carbons (Fsp3) is 0.267. The van der Waals surface area contributed by atoms with Crippen LogP contribution < -0.4 is 14.8 Å². The quantitative estimate of drug-likeness (QED) is 0.727. The average molecular weight is 375 g/mol. The van der Waals surface area contributed by atoms with Crippen LogP contribution in [0.2, 0.25) is 0 Å². The van der Waals surface area contributed by atoms with E-state index in [2.05, 4.69) is 15.0 Å². The number of para-hydroxylation sites is 1. The lowest BCUT2D eigenvalue weighted by atomic mass is 10.2. The second-order valence-electron chi connectivity index (χ2n) is 4.87. The molecule has 136 valence electrons. The lowest BCUT2D eigenvalue weighted by molar-refractivity contribution is -0.137. The zero-order valence-electron chi connectivity index (χ0n) is 13.2. The Labute approximate surface area is 143 Å². The average Bonchev–Trinajstić information content (AvgIpc) is 2.58. The summed E-state index contributed by atoms with van der Waals surface area (Å²) in [5.41, 5.74) is -0.914. The van der Waals surface area contributed by atoms with Crippen LogP contribution in [-0.2, 0) is 16.2 Å². The van der Waals surface area contributed by atoms with Gasteiger partial charge in [-0.25, -0.2) is 18.1 Å². The lowest BCUT2D eigenvalue weighted by Crippen LogP contribution is -2.29. The number of hydrogen-bond acceptors (Lipinski definition) is 5. The molecule has 1 aromatic carbocycles. The summed E-state index contributed by atoms with van der Waals surface area (Å²) in [4.78, 5) is 3.59. The fourth-order valence-corrected chi connectivity index (χ4v) is 3.26. The van der Waals surface area contributed by atoms with Crippen molar-refractivity contribution < 1.29 is 26.3 Å². The molecule has 0 atom stereocenters. The first-order valence-corrected chi connectivity index (χ1v) is 8.63. The molecule has 25 heavy (non-hydrogen) atoms. The zero-order chi connectivity index (χ0) is 18.5. The molecule has 0 radical (unpaired) electrons. The van der Waals surface area contributed by atoms with Crippen LogP contribution in [0.4, 0.5) is 19.0 Å². The minimum Gasteiger partial charge on any atom is -0.495 e. The third-order valence-corrected chi connectivity index (χ3v) is 4.68. The van der Waals surface area contributed by atoms with Gasteiger partial charge in [0.2, 0.25) is 10.0 Å². The van der Waals surface area contributed by atoms with Gasteiger partial charge in [0.05, 0.1) is 12.7 Å². The molecule has 0 aliphatic rings. The van der Waals surface area contributed by atoms with Crippen LogP contribution in [0.1, 0.15) is 5.56 Å². The largest absolute Gasteiger partial charge is 0.495 e. The SMILES string of the molecule is COc1ccccc1S(=O)(=O)NCCNc1ncccc1C(F)(F)F. The summed E-state index contributed by atoms with van der Waals surface area (Å²) in [5.74, 6) is -0.182. The Morgan fingerprint density at radius 3 is 2.52 bits per heavy atom. The number of hydrogen-bond donors (Lipinski definition) is 2. The number of benzene rings is 1. The molecule has 6 nitrogen and oxygen atoms in total. The van der Waals surface area contributed by atoms with Gasteiger partial charge in [0.15, 0.2) is 0 Å². The first kappa shape index (κ1) is 19.0. The Bertz CT molecular complexity index is 826. The van der Waals surface area contributed by atoms with E-state index in [0.29, 0.717) is 0 Å². The third-order valence-electron chi connectivity index (χ3n) is 3.18. The highest BCUT2D eigenvalue weighted by Crippen LogP contribution is 2.33. The summed E-state index contributed by atoms with van der Waals surface area (Å²) < 4.78 is 70.3. The molecule has 0 unspecified atom stereocenters. The maximum absolute atomic E-state index is 12.8. The number of aromatic nitrogens is 1. The van der Waals surface area contributed by atoms with Crippen molar-refractivity contribution in [2.24, 2.45) is 0 Å². The summed E-state index contributed by atoms with van der Waals surface area (Å²) >= 11 is 0. The van der Waals surface area contributed by atoms with E-state index < -0.39 is 21.8 Å². The van der Waals surface area contributed by atoms with Gasteiger partial charge in [0.1, 0.15) is 16.5 Å². The van der Waals surface area contributed by atoms with Crippen LogP contribution in [0.25, 0.3) is 0 Å². The molecule has 0 fully saturated rings. The number of rotatable bonds is 7. The van der Waals surface area contributed by atoms with Crippen molar-refractivity contribution in [2.45, 2.75) is 11.1 Å². The lowest BCUT2D eigenvalue weighted by Gasteiger charge is -2.14. The van der Waals surface area contributed by atoms with Gasteiger partial charge in [-0.2, -0.15) is 13.2 Å². The number of alkyl halides is 3. The van der Waals surface area contributed by atoms with Gasteiger partial charge in [-0.3, -0.25) is 0 Å². The molecule has 0 spiro atoms. The molecule has 0 saturated carbocycles. The van der Waals surface area contributed by atoms with Crippen LogP contribution in [0.15, 0.2) is 47.5 Å². The van der Waals surface area contributed by atoms with Crippen molar-refractivity contribution in [3.8, 4) is 5.75 Å². The van der Waals surface area contributed by atoms with E-state index in [1.165, 1.54) is 31.5 Å².